The number of nitrogens with two attached hydrogens (primary N) is 3. The number of aliphatic hydroxyl groups is 2. The number of aromatic nitrogens is 1. The molecule has 0 spiro atoms. The van der Waals surface area contributed by atoms with Gasteiger partial charge in [0.25, 0.3) is 0 Å². The van der Waals surface area contributed by atoms with E-state index in [-0.39, 0.29) is 25.0 Å². The Hall–Kier alpha value is -7.36. The van der Waals surface area contributed by atoms with E-state index in [0.29, 0.717) is 27.6 Å². The predicted octanol–water partition coefficient (Wildman–Crippen LogP) is -3.11. The molecule has 64 heavy (non-hydrogen) atoms. The maximum Gasteiger partial charge on any atom is 0.245 e. The Morgan fingerprint density at radius 3 is 1.80 bits per heavy atom. The van der Waals surface area contributed by atoms with Gasteiger partial charge in [-0.1, -0.05) is 60.7 Å². The lowest BCUT2D eigenvalue weighted by Gasteiger charge is -2.28. The van der Waals surface area contributed by atoms with Gasteiger partial charge in [0.2, 0.25) is 47.3 Å². The Bertz CT molecular complexity index is 2290. The number of hydrogen-bond donors (Lipinski definition) is 13. The number of amides is 8. The number of benzene rings is 3. The van der Waals surface area contributed by atoms with Crippen molar-refractivity contribution >= 4 is 58.2 Å². The number of aromatic amines is 1. The SMILES string of the molecule is C[C@H](NC(=O)[C@H](CO)NC(=O)[C@@H](N)Cc1ccc(O)cc1)C(=O)N[C@@H](Cc1c[nH]c2ccccc12)C(=O)N[C@H](C(=O)N[C@@H](CC(N)=O)C(=O)N[C@@H](Cc1ccccc1)C(N)=O)[C@@H](C)O. The number of fused-ring (bicyclic) bond motifs is 1. The second-order valence-electron chi connectivity index (χ2n) is 15.2. The molecule has 21 nitrogen and oxygen atoms in total. The van der Waals surface area contributed by atoms with E-state index >= 15 is 0 Å². The quantitative estimate of drug-likeness (QED) is 0.0352. The Labute approximate surface area is 367 Å². The van der Waals surface area contributed by atoms with Gasteiger partial charge in [0.1, 0.15) is 42.0 Å². The number of aromatic hydroxyl groups is 1. The van der Waals surface area contributed by atoms with Gasteiger partial charge in [0.05, 0.1) is 25.2 Å². The molecule has 0 saturated heterocycles. The van der Waals surface area contributed by atoms with Crippen LogP contribution in [0.15, 0.2) is 85.1 Å². The molecule has 0 aliphatic carbocycles. The van der Waals surface area contributed by atoms with Gasteiger partial charge in [-0.2, -0.15) is 0 Å². The second kappa shape index (κ2) is 23.2. The largest absolute Gasteiger partial charge is 0.508 e. The third kappa shape index (κ3) is 14.4. The van der Waals surface area contributed by atoms with Crippen LogP contribution in [0.1, 0.15) is 37.0 Å². The van der Waals surface area contributed by atoms with Crippen molar-refractivity contribution in [2.75, 3.05) is 6.61 Å². The fourth-order valence-electron chi connectivity index (χ4n) is 6.53. The van der Waals surface area contributed by atoms with Crippen molar-refractivity contribution in [1.29, 1.82) is 0 Å². The van der Waals surface area contributed by atoms with Gasteiger partial charge in [-0.3, -0.25) is 38.4 Å². The molecule has 0 radical (unpaired) electrons. The highest BCUT2D eigenvalue weighted by atomic mass is 16.3. The molecule has 4 rings (SSSR count). The van der Waals surface area contributed by atoms with Gasteiger partial charge in [0, 0.05) is 29.9 Å². The summed E-state index contributed by atoms with van der Waals surface area (Å²) < 4.78 is 0. The number of para-hydroxylation sites is 1. The van der Waals surface area contributed by atoms with Gasteiger partial charge >= 0.3 is 0 Å². The summed E-state index contributed by atoms with van der Waals surface area (Å²) in [6.07, 6.45) is -0.934. The van der Waals surface area contributed by atoms with Crippen molar-refractivity contribution in [1.82, 2.24) is 36.9 Å². The van der Waals surface area contributed by atoms with Crippen LogP contribution in [0.2, 0.25) is 0 Å². The van der Waals surface area contributed by atoms with E-state index in [1.807, 2.05) is 0 Å². The number of rotatable bonds is 23. The van der Waals surface area contributed by atoms with Crippen LogP contribution >= 0.6 is 0 Å². The molecule has 21 heteroatoms. The molecule has 0 fully saturated rings. The number of carbonyl (C=O) groups is 8. The zero-order valence-corrected chi connectivity index (χ0v) is 35.1. The molecule has 1 heterocycles. The average molecular weight is 887 g/mol. The molecule has 0 unspecified atom stereocenters. The number of primary amides is 2. The molecule has 0 saturated carbocycles. The monoisotopic (exact) mass is 886 g/mol. The third-order valence-electron chi connectivity index (χ3n) is 10.1. The summed E-state index contributed by atoms with van der Waals surface area (Å²) in [6, 6.07) is 11.3. The van der Waals surface area contributed by atoms with Crippen LogP contribution in [0.4, 0.5) is 0 Å². The lowest BCUT2D eigenvalue weighted by molar-refractivity contribution is -0.137. The first-order valence-corrected chi connectivity index (χ1v) is 20.2. The maximum absolute atomic E-state index is 14.1. The highest BCUT2D eigenvalue weighted by Gasteiger charge is 2.35. The standard InChI is InChI=1S/C43H54N10O11/c1-22(48-42(63)34(21-54)52-39(60)29(44)16-25-12-14-27(56)15-13-25)38(59)50-32(18-26-20-47-30-11-7-6-10-28(26)30)41(62)53-36(23(2)55)43(64)51-33(19-35(45)57)40(61)49-31(37(46)58)17-24-8-4-3-5-9-24/h3-15,20,22-23,29,31-34,36,47,54-56H,16-19,21,44H2,1-2H3,(H2,45,57)(H2,46,58)(H,48,63)(H,49,61)(H,50,59)(H,51,64)(H,52,60)(H,53,62)/t22-,23+,29-,31-,32-,33-,34-,36-/m0/s1. The fourth-order valence-corrected chi connectivity index (χ4v) is 6.53. The smallest absolute Gasteiger partial charge is 0.245 e. The first-order valence-electron chi connectivity index (χ1n) is 20.2. The van der Waals surface area contributed by atoms with Gasteiger partial charge in [0.15, 0.2) is 0 Å². The summed E-state index contributed by atoms with van der Waals surface area (Å²) in [7, 11) is 0. The summed E-state index contributed by atoms with van der Waals surface area (Å²) in [4.78, 5) is 108. The van der Waals surface area contributed by atoms with Gasteiger partial charge < -0.3 is 69.4 Å². The van der Waals surface area contributed by atoms with Crippen LogP contribution in [-0.2, 0) is 57.6 Å². The van der Waals surface area contributed by atoms with Crippen molar-refractivity contribution in [2.24, 2.45) is 17.2 Å². The minimum Gasteiger partial charge on any atom is -0.508 e. The van der Waals surface area contributed by atoms with E-state index in [1.165, 1.54) is 19.1 Å². The minimum atomic E-state index is -1.79. The van der Waals surface area contributed by atoms with Crippen LogP contribution in [0.25, 0.3) is 10.9 Å². The van der Waals surface area contributed by atoms with Crippen molar-refractivity contribution in [3.63, 3.8) is 0 Å². The lowest BCUT2D eigenvalue weighted by atomic mass is 10.0. The maximum atomic E-state index is 14.1. The Morgan fingerprint density at radius 2 is 1.17 bits per heavy atom. The second-order valence-corrected chi connectivity index (χ2v) is 15.2. The molecule has 3 aromatic carbocycles. The normalized spacial score (nSPS) is 14.8. The van der Waals surface area contributed by atoms with Crippen LogP contribution in [0.3, 0.4) is 0 Å². The number of hydrogen-bond acceptors (Lipinski definition) is 12. The molecule has 1 aromatic heterocycles. The van der Waals surface area contributed by atoms with Gasteiger partial charge in [-0.15, -0.1) is 0 Å². The van der Waals surface area contributed by atoms with E-state index in [1.54, 1.807) is 72.9 Å². The molecular weight excluding hydrogens is 833 g/mol. The number of nitrogens with one attached hydrogen (secondary N) is 7. The molecule has 0 aliphatic rings. The number of carbonyl (C=O) groups excluding carboxylic acids is 8. The van der Waals surface area contributed by atoms with Crippen LogP contribution in [-0.4, -0.2) is 123 Å². The van der Waals surface area contributed by atoms with Crippen LogP contribution in [0.5, 0.6) is 5.75 Å². The Balaban J connectivity index is 1.48. The molecule has 8 amide bonds. The number of aliphatic hydroxyl groups excluding tert-OH is 2. The molecule has 8 atom stereocenters. The van der Waals surface area contributed by atoms with E-state index in [9.17, 15) is 53.7 Å². The van der Waals surface area contributed by atoms with Crippen molar-refractivity contribution in [3.05, 3.63) is 102 Å². The number of phenols is 1. The predicted molar refractivity (Wildman–Crippen MR) is 231 cm³/mol. The first kappa shape index (κ1) is 49.3. The van der Waals surface area contributed by atoms with Crippen LogP contribution in [0, 0.1) is 0 Å². The third-order valence-corrected chi connectivity index (χ3v) is 10.1. The van der Waals surface area contributed by atoms with E-state index < -0.39 is 109 Å². The molecule has 0 aliphatic heterocycles. The zero-order chi connectivity index (χ0) is 47.1. The molecule has 0 bridgehead atoms. The summed E-state index contributed by atoms with van der Waals surface area (Å²) in [5.41, 5.74) is 19.4. The minimum absolute atomic E-state index is 0.0149. The Kier molecular flexibility index (Phi) is 17.9. The van der Waals surface area contributed by atoms with Crippen molar-refractivity contribution < 1.29 is 53.7 Å². The summed E-state index contributed by atoms with van der Waals surface area (Å²) in [5.74, 6) is -7.70. The lowest BCUT2D eigenvalue weighted by Crippen LogP contribution is -2.62. The molecule has 342 valence electrons. The van der Waals surface area contributed by atoms with Crippen LogP contribution < -0.4 is 49.1 Å². The van der Waals surface area contributed by atoms with E-state index in [2.05, 4.69) is 36.9 Å². The highest BCUT2D eigenvalue weighted by Crippen LogP contribution is 2.20. The topological polar surface area (TPSA) is 363 Å². The number of H-pyrrole nitrogens is 1. The van der Waals surface area contributed by atoms with Crippen molar-refractivity contribution in [2.45, 2.75) is 87.9 Å². The zero-order valence-electron chi connectivity index (χ0n) is 35.1. The van der Waals surface area contributed by atoms with Crippen molar-refractivity contribution in [3.8, 4) is 5.75 Å². The summed E-state index contributed by atoms with van der Waals surface area (Å²) >= 11 is 0. The van der Waals surface area contributed by atoms with Gasteiger partial charge in [-0.25, -0.2) is 0 Å². The summed E-state index contributed by atoms with van der Waals surface area (Å²) in [6.45, 7) is 1.57. The molecule has 16 N–H and O–H groups in total. The number of phenolic OH excluding ortho intramolecular Hbond substituents is 1. The Morgan fingerprint density at radius 1 is 0.609 bits per heavy atom. The fraction of sp³-hybridized carbons (Fsp3) is 0.349. The molecule has 4 aromatic rings. The van der Waals surface area contributed by atoms with Gasteiger partial charge in [-0.05, 0) is 55.2 Å². The van der Waals surface area contributed by atoms with E-state index in [0.717, 1.165) is 6.92 Å². The first-order chi connectivity index (χ1) is 30.4. The highest BCUT2D eigenvalue weighted by molar-refractivity contribution is 5.98. The van der Waals surface area contributed by atoms with E-state index in [4.69, 9.17) is 17.2 Å². The molecular formula is C43H54N10O11. The summed E-state index contributed by atoms with van der Waals surface area (Å²) in [5, 5.41) is 45.2. The average Bonchev–Trinajstić information content (AvgIpc) is 3.66.